The number of nitrogens with one attached hydrogen (secondary N) is 1. The highest BCUT2D eigenvalue weighted by Crippen LogP contribution is 2.23. The third-order valence-corrected chi connectivity index (χ3v) is 4.75. The zero-order valence-electron chi connectivity index (χ0n) is 9.77. The second-order valence-corrected chi connectivity index (χ2v) is 6.85. The van der Waals surface area contributed by atoms with E-state index in [9.17, 15) is 13.2 Å². The van der Waals surface area contributed by atoms with Crippen molar-refractivity contribution in [3.8, 4) is 0 Å². The van der Waals surface area contributed by atoms with Crippen molar-refractivity contribution in [2.24, 2.45) is 11.7 Å². The molecule has 0 aliphatic heterocycles. The first-order valence-corrected chi connectivity index (χ1v) is 7.20. The Morgan fingerprint density at radius 1 is 1.31 bits per heavy atom. The van der Waals surface area contributed by atoms with Crippen molar-refractivity contribution in [3.05, 3.63) is 0 Å². The lowest BCUT2D eigenvalue weighted by Crippen LogP contribution is -2.46. The number of hydrogen-bond acceptors (Lipinski definition) is 4. The Morgan fingerprint density at radius 3 is 2.38 bits per heavy atom. The van der Waals surface area contributed by atoms with Crippen molar-refractivity contribution < 1.29 is 13.2 Å². The zero-order chi connectivity index (χ0) is 12.3. The van der Waals surface area contributed by atoms with Gasteiger partial charge in [-0.3, -0.25) is 9.52 Å². The minimum absolute atomic E-state index is 0.212. The van der Waals surface area contributed by atoms with Crippen LogP contribution in [-0.2, 0) is 14.8 Å². The van der Waals surface area contributed by atoms with Crippen LogP contribution in [0.25, 0.3) is 0 Å². The van der Waals surface area contributed by atoms with Gasteiger partial charge in [0.15, 0.2) is 0 Å². The fourth-order valence-electron chi connectivity index (χ4n) is 1.82. The van der Waals surface area contributed by atoms with Crippen LogP contribution >= 0.6 is 0 Å². The molecule has 0 spiro atoms. The van der Waals surface area contributed by atoms with Gasteiger partial charge in [-0.05, 0) is 26.7 Å². The van der Waals surface area contributed by atoms with Crippen LogP contribution in [0.1, 0.15) is 39.5 Å². The number of amides is 1. The van der Waals surface area contributed by atoms with Gasteiger partial charge in [0.1, 0.15) is 0 Å². The molecule has 2 unspecified atom stereocenters. The van der Waals surface area contributed by atoms with E-state index in [2.05, 4.69) is 4.72 Å². The third kappa shape index (κ3) is 3.18. The molecule has 5 nitrogen and oxygen atoms in total. The molecule has 16 heavy (non-hydrogen) atoms. The number of nitrogens with two attached hydrogens (primary N) is 1. The lowest BCUT2D eigenvalue weighted by molar-refractivity contribution is -0.124. The number of carbonyl (C=O) groups excluding carboxylic acids is 1. The van der Waals surface area contributed by atoms with Gasteiger partial charge in [-0.1, -0.05) is 12.8 Å². The fraction of sp³-hybridized carbons (Fsp3) is 0.900. The van der Waals surface area contributed by atoms with Gasteiger partial charge >= 0.3 is 0 Å². The van der Waals surface area contributed by atoms with Gasteiger partial charge in [0.05, 0.1) is 11.2 Å². The number of hydrogen-bond donors (Lipinski definition) is 2. The van der Waals surface area contributed by atoms with Gasteiger partial charge < -0.3 is 5.73 Å². The molecule has 94 valence electrons. The third-order valence-electron chi connectivity index (χ3n) is 3.02. The van der Waals surface area contributed by atoms with Crippen LogP contribution in [-0.4, -0.2) is 25.6 Å². The Hall–Kier alpha value is -0.620. The first-order chi connectivity index (χ1) is 7.34. The summed E-state index contributed by atoms with van der Waals surface area (Å²) in [4.78, 5) is 11.8. The number of carbonyl (C=O) groups is 1. The Kier molecular flexibility index (Phi) is 4.32. The summed E-state index contributed by atoms with van der Waals surface area (Å²) in [5.41, 5.74) is 5.82. The van der Waals surface area contributed by atoms with Crippen molar-refractivity contribution in [1.29, 1.82) is 0 Å². The van der Waals surface area contributed by atoms with Gasteiger partial charge in [0.2, 0.25) is 15.9 Å². The first-order valence-electron chi connectivity index (χ1n) is 5.65. The van der Waals surface area contributed by atoms with E-state index in [-0.39, 0.29) is 12.0 Å². The van der Waals surface area contributed by atoms with Crippen molar-refractivity contribution in [1.82, 2.24) is 4.72 Å². The monoisotopic (exact) mass is 248 g/mol. The Balaban J connectivity index is 2.65. The summed E-state index contributed by atoms with van der Waals surface area (Å²) >= 11 is 0. The van der Waals surface area contributed by atoms with E-state index >= 15 is 0 Å². The van der Waals surface area contributed by atoms with Gasteiger partial charge in [0.25, 0.3) is 0 Å². The predicted octanol–water partition coefficient (Wildman–Crippen LogP) is 0.358. The molecule has 1 amide bonds. The lowest BCUT2D eigenvalue weighted by atomic mass is 9.85. The molecule has 6 heteroatoms. The van der Waals surface area contributed by atoms with E-state index in [1.807, 2.05) is 0 Å². The van der Waals surface area contributed by atoms with E-state index < -0.39 is 21.2 Å². The molecule has 0 aromatic rings. The molecular weight excluding hydrogens is 228 g/mol. The van der Waals surface area contributed by atoms with Crippen LogP contribution in [0, 0.1) is 5.92 Å². The van der Waals surface area contributed by atoms with Crippen LogP contribution < -0.4 is 10.5 Å². The van der Waals surface area contributed by atoms with Crippen LogP contribution in [0.4, 0.5) is 0 Å². The topological polar surface area (TPSA) is 89.3 Å². The summed E-state index contributed by atoms with van der Waals surface area (Å²) in [5.74, 6) is -0.803. The molecule has 1 fully saturated rings. The van der Waals surface area contributed by atoms with E-state index in [1.54, 1.807) is 0 Å². The number of sulfonamides is 1. The van der Waals surface area contributed by atoms with E-state index in [4.69, 9.17) is 5.73 Å². The Morgan fingerprint density at radius 2 is 1.88 bits per heavy atom. The van der Waals surface area contributed by atoms with Crippen molar-refractivity contribution in [3.63, 3.8) is 0 Å². The molecule has 1 aliphatic carbocycles. The summed E-state index contributed by atoms with van der Waals surface area (Å²) in [6.45, 7) is 3.08. The maximum absolute atomic E-state index is 11.8. The SMILES string of the molecule is CC(C)S(=O)(=O)NC(=O)C1CCCCC1N. The second kappa shape index (κ2) is 5.14. The van der Waals surface area contributed by atoms with E-state index in [0.717, 1.165) is 19.3 Å². The highest BCUT2D eigenvalue weighted by atomic mass is 32.2. The largest absolute Gasteiger partial charge is 0.327 e. The zero-order valence-corrected chi connectivity index (χ0v) is 10.6. The van der Waals surface area contributed by atoms with Crippen molar-refractivity contribution in [2.45, 2.75) is 50.8 Å². The summed E-state index contributed by atoms with van der Waals surface area (Å²) in [6, 6.07) is -0.212. The molecule has 0 bridgehead atoms. The first kappa shape index (κ1) is 13.4. The predicted molar refractivity (Wildman–Crippen MR) is 62.1 cm³/mol. The average molecular weight is 248 g/mol. The highest BCUT2D eigenvalue weighted by molar-refractivity contribution is 7.90. The minimum Gasteiger partial charge on any atom is -0.327 e. The molecule has 0 saturated heterocycles. The smallest absolute Gasteiger partial charge is 0.238 e. The fourth-order valence-corrected chi connectivity index (χ4v) is 2.49. The molecular formula is C10H20N2O3S. The van der Waals surface area contributed by atoms with Crippen LogP contribution in [0.2, 0.25) is 0 Å². The molecule has 3 N–H and O–H groups in total. The quantitative estimate of drug-likeness (QED) is 0.754. The summed E-state index contributed by atoms with van der Waals surface area (Å²) in [7, 11) is -3.53. The molecule has 0 radical (unpaired) electrons. The molecule has 1 rings (SSSR count). The minimum atomic E-state index is -3.53. The Bertz CT molecular complexity index is 351. The standard InChI is InChI=1S/C10H20N2O3S/c1-7(2)16(14,15)12-10(13)8-5-3-4-6-9(8)11/h7-9H,3-6,11H2,1-2H3,(H,12,13). The molecule has 0 heterocycles. The second-order valence-electron chi connectivity index (χ2n) is 4.61. The normalized spacial score (nSPS) is 26.8. The molecule has 0 aromatic carbocycles. The van der Waals surface area contributed by atoms with Gasteiger partial charge in [0, 0.05) is 6.04 Å². The Labute approximate surface area is 96.8 Å². The van der Waals surface area contributed by atoms with Crippen molar-refractivity contribution in [2.75, 3.05) is 0 Å². The average Bonchev–Trinajstić information content (AvgIpc) is 2.17. The number of rotatable bonds is 3. The van der Waals surface area contributed by atoms with E-state index in [1.165, 1.54) is 13.8 Å². The maximum atomic E-state index is 11.8. The summed E-state index contributed by atoms with van der Waals surface area (Å²) in [6.07, 6.45) is 3.43. The van der Waals surface area contributed by atoms with Gasteiger partial charge in [-0.25, -0.2) is 8.42 Å². The van der Waals surface area contributed by atoms with Gasteiger partial charge in [-0.2, -0.15) is 0 Å². The maximum Gasteiger partial charge on any atom is 0.238 e. The van der Waals surface area contributed by atoms with Crippen molar-refractivity contribution >= 4 is 15.9 Å². The molecule has 0 aromatic heterocycles. The van der Waals surface area contributed by atoms with Gasteiger partial charge in [-0.15, -0.1) is 0 Å². The molecule has 1 aliphatic rings. The summed E-state index contributed by atoms with van der Waals surface area (Å²) in [5, 5.41) is -0.601. The van der Waals surface area contributed by atoms with E-state index in [0.29, 0.717) is 6.42 Å². The van der Waals surface area contributed by atoms with Crippen LogP contribution in [0.5, 0.6) is 0 Å². The molecule has 2 atom stereocenters. The summed E-state index contributed by atoms with van der Waals surface area (Å²) < 4.78 is 25.1. The van der Waals surface area contributed by atoms with Crippen LogP contribution in [0.3, 0.4) is 0 Å². The molecule has 1 saturated carbocycles. The highest BCUT2D eigenvalue weighted by Gasteiger charge is 2.31. The van der Waals surface area contributed by atoms with Crippen LogP contribution in [0.15, 0.2) is 0 Å². The lowest BCUT2D eigenvalue weighted by Gasteiger charge is -2.27.